The number of nitrogens with two attached hydrogens (primary N) is 1. The van der Waals surface area contributed by atoms with E-state index >= 15 is 0 Å². The molecule has 172 valence electrons. The van der Waals surface area contributed by atoms with Crippen molar-refractivity contribution in [2.24, 2.45) is 5.92 Å². The number of carbonyl (C=O) groups excluding carboxylic acids is 2. The number of anilines is 3. The third-order valence-corrected chi connectivity index (χ3v) is 5.05. The number of rotatable bonds is 8. The second-order valence-electron chi connectivity index (χ2n) is 7.35. The molecule has 0 aliphatic heterocycles. The number of nitrogen functional groups attached to an aromatic ring is 1. The minimum atomic E-state index is -0.903. The zero-order valence-corrected chi connectivity index (χ0v) is 19.4. The minimum absolute atomic E-state index is 0.0417. The van der Waals surface area contributed by atoms with E-state index in [-0.39, 0.29) is 40.8 Å². The van der Waals surface area contributed by atoms with Crippen LogP contribution >= 0.6 is 23.2 Å². The summed E-state index contributed by atoms with van der Waals surface area (Å²) >= 11 is 12.0. The molecule has 0 radical (unpaired) electrons. The van der Waals surface area contributed by atoms with Crippen LogP contribution in [0, 0.1) is 5.92 Å². The number of amides is 1. The van der Waals surface area contributed by atoms with E-state index in [1.165, 1.54) is 0 Å². The van der Waals surface area contributed by atoms with E-state index in [2.05, 4.69) is 25.6 Å². The van der Waals surface area contributed by atoms with Crippen molar-refractivity contribution in [1.82, 2.24) is 20.3 Å². The smallest absolute Gasteiger partial charge is 0.329 e. The zero-order chi connectivity index (χ0) is 24.0. The maximum atomic E-state index is 12.7. The monoisotopic (exact) mass is 488 g/mol. The molecule has 0 saturated carbocycles. The highest BCUT2D eigenvalue weighted by Crippen LogP contribution is 2.18. The third kappa shape index (κ3) is 6.77. The Labute approximate surface area is 200 Å². The van der Waals surface area contributed by atoms with Crippen molar-refractivity contribution in [1.29, 1.82) is 0 Å². The zero-order valence-electron chi connectivity index (χ0n) is 17.9. The summed E-state index contributed by atoms with van der Waals surface area (Å²) in [6, 6.07) is 12.6. The van der Waals surface area contributed by atoms with Crippen LogP contribution in [-0.2, 0) is 16.1 Å². The van der Waals surface area contributed by atoms with Crippen LogP contribution in [-0.4, -0.2) is 32.9 Å². The fourth-order valence-corrected chi connectivity index (χ4v) is 3.16. The van der Waals surface area contributed by atoms with E-state index in [0.717, 1.165) is 0 Å². The number of aromatic nitrogens is 3. The average molecular weight is 489 g/mol. The Hall–Kier alpha value is -3.43. The summed E-state index contributed by atoms with van der Waals surface area (Å²) in [6.45, 7) is 3.31. The molecule has 0 aliphatic carbocycles. The Bertz CT molecular complexity index is 1140. The highest BCUT2D eigenvalue weighted by atomic mass is 35.5. The largest absolute Gasteiger partial charge is 0.456 e. The van der Waals surface area contributed by atoms with E-state index in [0.29, 0.717) is 10.7 Å². The molecule has 0 saturated heterocycles. The number of halogens is 2. The molecule has 1 atom stereocenters. The Morgan fingerprint density at radius 3 is 2.39 bits per heavy atom. The van der Waals surface area contributed by atoms with Crippen LogP contribution in [0.3, 0.4) is 0 Å². The average Bonchev–Trinajstić information content (AvgIpc) is 2.77. The van der Waals surface area contributed by atoms with Gasteiger partial charge >= 0.3 is 5.97 Å². The Morgan fingerprint density at radius 1 is 1.03 bits per heavy atom. The predicted molar refractivity (Wildman–Crippen MR) is 126 cm³/mol. The Morgan fingerprint density at radius 2 is 1.73 bits per heavy atom. The van der Waals surface area contributed by atoms with Crippen molar-refractivity contribution < 1.29 is 14.3 Å². The summed E-state index contributed by atoms with van der Waals surface area (Å²) in [5.74, 6) is -1.07. The molecule has 0 spiro atoms. The molecule has 0 bridgehead atoms. The molecule has 0 aliphatic rings. The van der Waals surface area contributed by atoms with Crippen molar-refractivity contribution in [3.8, 4) is 0 Å². The standard InChI is InChI=1S/C22H22Cl2N6O3/c1-12(2)18(29-19(31)15-5-3-4-6-16(15)24)20(32)33-11-17-27-21(25)30-22(28-17)26-14-9-7-13(23)8-10-14/h3-10,12,18H,11H2,1-2H3,(H,29,31)(H3,25,26,27,28,30)/t18-/m0/s1. The van der Waals surface area contributed by atoms with Gasteiger partial charge in [0.25, 0.3) is 5.91 Å². The molecular formula is C22H22Cl2N6O3. The third-order valence-electron chi connectivity index (χ3n) is 4.47. The number of hydrogen-bond donors (Lipinski definition) is 3. The summed E-state index contributed by atoms with van der Waals surface area (Å²) in [5, 5.41) is 6.52. The van der Waals surface area contributed by atoms with Gasteiger partial charge in [-0.25, -0.2) is 4.79 Å². The molecule has 11 heteroatoms. The fraction of sp³-hybridized carbons (Fsp3) is 0.227. The molecule has 2 aromatic carbocycles. The van der Waals surface area contributed by atoms with Crippen LogP contribution in [0.25, 0.3) is 0 Å². The quantitative estimate of drug-likeness (QED) is 0.405. The van der Waals surface area contributed by atoms with Gasteiger partial charge < -0.3 is 21.1 Å². The van der Waals surface area contributed by atoms with E-state index < -0.39 is 17.9 Å². The van der Waals surface area contributed by atoms with Gasteiger partial charge in [-0.1, -0.05) is 49.2 Å². The van der Waals surface area contributed by atoms with Gasteiger partial charge in [-0.05, 0) is 42.3 Å². The van der Waals surface area contributed by atoms with Gasteiger partial charge in [0.1, 0.15) is 6.04 Å². The summed E-state index contributed by atoms with van der Waals surface area (Å²) < 4.78 is 5.35. The van der Waals surface area contributed by atoms with Gasteiger partial charge in [0.05, 0.1) is 10.6 Å². The van der Waals surface area contributed by atoms with E-state index in [1.807, 2.05) is 0 Å². The molecule has 0 unspecified atom stereocenters. The van der Waals surface area contributed by atoms with Gasteiger partial charge in [-0.2, -0.15) is 15.0 Å². The van der Waals surface area contributed by atoms with Crippen molar-refractivity contribution >= 4 is 52.7 Å². The second kappa shape index (κ2) is 10.9. The van der Waals surface area contributed by atoms with Crippen LogP contribution in [0.15, 0.2) is 48.5 Å². The van der Waals surface area contributed by atoms with E-state index in [1.54, 1.807) is 62.4 Å². The molecule has 1 heterocycles. The van der Waals surface area contributed by atoms with Crippen molar-refractivity contribution in [2.45, 2.75) is 26.5 Å². The first-order chi connectivity index (χ1) is 15.7. The normalized spacial score (nSPS) is 11.7. The van der Waals surface area contributed by atoms with Crippen molar-refractivity contribution in [3.05, 3.63) is 70.0 Å². The minimum Gasteiger partial charge on any atom is -0.456 e. The molecule has 33 heavy (non-hydrogen) atoms. The topological polar surface area (TPSA) is 132 Å². The van der Waals surface area contributed by atoms with Crippen molar-refractivity contribution in [3.63, 3.8) is 0 Å². The summed E-state index contributed by atoms with van der Waals surface area (Å²) in [5.41, 5.74) is 6.72. The number of benzene rings is 2. The van der Waals surface area contributed by atoms with Crippen LogP contribution < -0.4 is 16.4 Å². The van der Waals surface area contributed by atoms with Crippen LogP contribution in [0.4, 0.5) is 17.6 Å². The molecule has 1 aromatic heterocycles. The lowest BCUT2D eigenvalue weighted by Crippen LogP contribution is -2.45. The summed E-state index contributed by atoms with van der Waals surface area (Å²) in [6.07, 6.45) is 0. The maximum absolute atomic E-state index is 12.7. The van der Waals surface area contributed by atoms with Gasteiger partial charge in [0.2, 0.25) is 11.9 Å². The molecule has 9 nitrogen and oxygen atoms in total. The number of nitrogens with zero attached hydrogens (tertiary/aromatic N) is 3. The van der Waals surface area contributed by atoms with Crippen molar-refractivity contribution in [2.75, 3.05) is 11.1 Å². The molecule has 3 rings (SSSR count). The lowest BCUT2D eigenvalue weighted by Gasteiger charge is -2.21. The molecule has 4 N–H and O–H groups in total. The van der Waals surface area contributed by atoms with Gasteiger partial charge in [0.15, 0.2) is 12.4 Å². The summed E-state index contributed by atoms with van der Waals surface area (Å²) in [7, 11) is 0. The van der Waals surface area contributed by atoms with Crippen LogP contribution in [0.5, 0.6) is 0 Å². The van der Waals surface area contributed by atoms with Crippen LogP contribution in [0.2, 0.25) is 10.0 Å². The summed E-state index contributed by atoms with van der Waals surface area (Å²) in [4.78, 5) is 37.5. The maximum Gasteiger partial charge on any atom is 0.329 e. The molecule has 1 amide bonds. The lowest BCUT2D eigenvalue weighted by atomic mass is 10.0. The first kappa shape index (κ1) is 24.2. The van der Waals surface area contributed by atoms with E-state index in [9.17, 15) is 9.59 Å². The Balaban J connectivity index is 1.66. The number of ether oxygens (including phenoxy) is 1. The van der Waals surface area contributed by atoms with Gasteiger partial charge in [0, 0.05) is 10.7 Å². The fourth-order valence-electron chi connectivity index (χ4n) is 2.81. The van der Waals surface area contributed by atoms with Gasteiger partial charge in [-0.15, -0.1) is 0 Å². The number of esters is 1. The first-order valence-electron chi connectivity index (χ1n) is 9.98. The molecular weight excluding hydrogens is 467 g/mol. The second-order valence-corrected chi connectivity index (χ2v) is 8.19. The SMILES string of the molecule is CC(C)[C@H](NC(=O)c1ccccc1Cl)C(=O)OCc1nc(N)nc(Nc2ccc(Cl)cc2)n1. The van der Waals surface area contributed by atoms with E-state index in [4.69, 9.17) is 33.7 Å². The Kier molecular flexibility index (Phi) is 8.02. The number of carbonyl (C=O) groups is 2. The highest BCUT2D eigenvalue weighted by molar-refractivity contribution is 6.33. The molecule has 0 fully saturated rings. The number of hydrogen-bond acceptors (Lipinski definition) is 8. The predicted octanol–water partition coefficient (Wildman–Crippen LogP) is 4.00. The van der Waals surface area contributed by atoms with Crippen LogP contribution in [0.1, 0.15) is 30.0 Å². The first-order valence-corrected chi connectivity index (χ1v) is 10.7. The number of nitrogens with one attached hydrogen (secondary N) is 2. The molecule has 3 aromatic rings. The highest BCUT2D eigenvalue weighted by Gasteiger charge is 2.27. The lowest BCUT2D eigenvalue weighted by molar-refractivity contribution is -0.148. The van der Waals surface area contributed by atoms with Gasteiger partial charge in [-0.3, -0.25) is 4.79 Å².